The van der Waals surface area contributed by atoms with Gasteiger partial charge < -0.3 is 5.32 Å². The molecule has 2 unspecified atom stereocenters. The number of Topliss-reactive ketones (excluding diaryl/α,β-unsaturated/α-hetero) is 1. The summed E-state index contributed by atoms with van der Waals surface area (Å²) in [4.78, 5) is 13.3. The van der Waals surface area contributed by atoms with Crippen LogP contribution in [-0.4, -0.2) is 5.78 Å². The summed E-state index contributed by atoms with van der Waals surface area (Å²) in [6.45, 7) is 6.49. The summed E-state index contributed by atoms with van der Waals surface area (Å²) >= 11 is 0. The number of hydrogen-bond acceptors (Lipinski definition) is 2. The quantitative estimate of drug-likeness (QED) is 0.393. The Balaban J connectivity index is 0.000000366. The second-order valence-electron chi connectivity index (χ2n) is 10.7. The molecule has 0 saturated carbocycles. The highest BCUT2D eigenvalue weighted by molar-refractivity contribution is 6.01. The number of allylic oxidation sites excluding steroid dienone is 4. The van der Waals surface area contributed by atoms with Gasteiger partial charge in [-0.05, 0) is 74.9 Å². The normalized spacial score (nSPS) is 19.7. The molecule has 4 heteroatoms. The average Bonchev–Trinajstić information content (AvgIpc) is 3.23. The minimum Gasteiger partial charge on any atom is -0.368 e. The van der Waals surface area contributed by atoms with Gasteiger partial charge in [0.1, 0.15) is 0 Å². The first-order valence-electron chi connectivity index (χ1n) is 13.0. The molecule has 1 aliphatic heterocycles. The van der Waals surface area contributed by atoms with Crippen LogP contribution in [0.5, 0.6) is 0 Å². The third-order valence-corrected chi connectivity index (χ3v) is 7.53. The van der Waals surface area contributed by atoms with Gasteiger partial charge in [-0.15, -0.1) is 0 Å². The van der Waals surface area contributed by atoms with Gasteiger partial charge in [-0.3, -0.25) is 4.79 Å². The summed E-state index contributed by atoms with van der Waals surface area (Å²) in [7, 11) is 0. The molecule has 3 aromatic rings. The van der Waals surface area contributed by atoms with Crippen molar-refractivity contribution in [1.29, 1.82) is 0 Å². The first-order valence-corrected chi connectivity index (χ1v) is 13.0. The topological polar surface area (TPSA) is 29.1 Å². The zero-order valence-electron chi connectivity index (χ0n) is 21.8. The van der Waals surface area contributed by atoms with Gasteiger partial charge in [0.15, 0.2) is 17.4 Å². The maximum Gasteiger partial charge on any atom is 0.169 e. The Bertz CT molecular complexity index is 1600. The molecular weight excluding hydrogens is 476 g/mol. The Morgan fingerprint density at radius 2 is 1.58 bits per heavy atom. The van der Waals surface area contributed by atoms with Crippen LogP contribution < -0.4 is 15.8 Å². The highest BCUT2D eigenvalue weighted by Gasteiger charge is 2.34. The molecule has 0 saturated heterocycles. The number of halogens is 2. The van der Waals surface area contributed by atoms with Gasteiger partial charge in [-0.2, -0.15) is 0 Å². The van der Waals surface area contributed by atoms with E-state index < -0.39 is 11.6 Å². The van der Waals surface area contributed by atoms with Gasteiger partial charge in [0, 0.05) is 29.8 Å². The van der Waals surface area contributed by atoms with Crippen LogP contribution in [-0.2, 0) is 5.41 Å². The Hall–Kier alpha value is -4.05. The predicted molar refractivity (Wildman–Crippen MR) is 151 cm³/mol. The van der Waals surface area contributed by atoms with Crippen molar-refractivity contribution in [2.75, 3.05) is 0 Å². The summed E-state index contributed by atoms with van der Waals surface area (Å²) in [5, 5.41) is 5.18. The van der Waals surface area contributed by atoms with Crippen LogP contribution in [0.1, 0.15) is 54.6 Å². The SMILES string of the molecule is C1=CC=CNC=C1.CC1C=c2c(ccc3c2=CC(C(=O)c2ccc(F)c(F)c2)CC3(C)C)-c2ccccc21. The third-order valence-electron chi connectivity index (χ3n) is 7.53. The smallest absolute Gasteiger partial charge is 0.169 e. The fourth-order valence-corrected chi connectivity index (χ4v) is 5.66. The van der Waals surface area contributed by atoms with Gasteiger partial charge >= 0.3 is 0 Å². The molecule has 3 aliphatic rings. The van der Waals surface area contributed by atoms with Crippen LogP contribution >= 0.6 is 0 Å². The van der Waals surface area contributed by atoms with E-state index in [9.17, 15) is 13.6 Å². The fraction of sp³-hybridized carbons (Fsp3) is 0.206. The molecule has 3 aromatic carbocycles. The molecule has 192 valence electrons. The van der Waals surface area contributed by atoms with Gasteiger partial charge in [0.25, 0.3) is 0 Å². The summed E-state index contributed by atoms with van der Waals surface area (Å²) in [6, 6.07) is 16.2. The minimum absolute atomic E-state index is 0.167. The first-order chi connectivity index (χ1) is 18.3. The zero-order valence-corrected chi connectivity index (χ0v) is 21.8. The van der Waals surface area contributed by atoms with Crippen LogP contribution in [0.15, 0.2) is 91.3 Å². The molecule has 0 bridgehead atoms. The third kappa shape index (κ3) is 4.91. The second-order valence-corrected chi connectivity index (χ2v) is 10.7. The highest BCUT2D eigenvalue weighted by atomic mass is 19.2. The molecule has 0 fully saturated rings. The number of nitrogens with one attached hydrogen (secondary N) is 1. The number of ketones is 1. The van der Waals surface area contributed by atoms with Gasteiger partial charge in [0.05, 0.1) is 0 Å². The maximum atomic E-state index is 13.8. The van der Waals surface area contributed by atoms with Crippen LogP contribution in [0.25, 0.3) is 23.3 Å². The van der Waals surface area contributed by atoms with Crippen molar-refractivity contribution in [3.8, 4) is 11.1 Å². The Kier molecular flexibility index (Phi) is 6.98. The summed E-state index contributed by atoms with van der Waals surface area (Å²) < 4.78 is 27.1. The molecule has 1 N–H and O–H groups in total. The zero-order chi connectivity index (χ0) is 26.9. The molecule has 0 aromatic heterocycles. The van der Waals surface area contributed by atoms with E-state index in [1.54, 1.807) is 0 Å². The van der Waals surface area contributed by atoms with Gasteiger partial charge in [-0.1, -0.05) is 81.5 Å². The lowest BCUT2D eigenvalue weighted by Crippen LogP contribution is -2.43. The lowest BCUT2D eigenvalue weighted by Gasteiger charge is -2.34. The van der Waals surface area contributed by atoms with Crippen molar-refractivity contribution >= 4 is 17.9 Å². The average molecular weight is 508 g/mol. The molecule has 2 nitrogen and oxygen atoms in total. The summed E-state index contributed by atoms with van der Waals surface area (Å²) in [6.07, 6.45) is 16.5. The minimum atomic E-state index is -0.988. The van der Waals surface area contributed by atoms with Crippen LogP contribution in [0.2, 0.25) is 0 Å². The summed E-state index contributed by atoms with van der Waals surface area (Å²) in [5.41, 5.74) is 4.94. The van der Waals surface area contributed by atoms with Crippen molar-refractivity contribution in [2.45, 2.75) is 38.5 Å². The van der Waals surface area contributed by atoms with Crippen molar-refractivity contribution < 1.29 is 13.6 Å². The molecule has 6 rings (SSSR count). The van der Waals surface area contributed by atoms with Crippen molar-refractivity contribution in [3.63, 3.8) is 0 Å². The van der Waals surface area contributed by atoms with E-state index in [2.05, 4.69) is 68.6 Å². The van der Waals surface area contributed by atoms with Crippen molar-refractivity contribution in [1.82, 2.24) is 5.32 Å². The maximum absolute atomic E-state index is 13.8. The molecule has 0 radical (unpaired) electrons. The molecule has 1 heterocycles. The number of carbonyl (C=O) groups is 1. The lowest BCUT2D eigenvalue weighted by molar-refractivity contribution is 0.0933. The van der Waals surface area contributed by atoms with Crippen molar-refractivity contribution in [2.24, 2.45) is 5.92 Å². The molecule has 2 atom stereocenters. The monoisotopic (exact) mass is 507 g/mol. The fourth-order valence-electron chi connectivity index (χ4n) is 5.66. The molecular formula is C34H31F2NO. The van der Waals surface area contributed by atoms with E-state index in [4.69, 9.17) is 0 Å². The summed E-state index contributed by atoms with van der Waals surface area (Å²) in [5.74, 6) is -2.21. The van der Waals surface area contributed by atoms with E-state index in [0.717, 1.165) is 17.4 Å². The number of fused-ring (bicyclic) bond motifs is 5. The van der Waals surface area contributed by atoms with Crippen LogP contribution in [0, 0.1) is 17.6 Å². The van der Waals surface area contributed by atoms with E-state index in [1.807, 2.05) is 42.8 Å². The van der Waals surface area contributed by atoms with Crippen LogP contribution in [0.3, 0.4) is 0 Å². The van der Waals surface area contributed by atoms with Crippen molar-refractivity contribution in [3.05, 3.63) is 130 Å². The number of hydrogen-bond donors (Lipinski definition) is 1. The lowest BCUT2D eigenvalue weighted by atomic mass is 9.69. The number of benzene rings is 3. The Morgan fingerprint density at radius 3 is 2.32 bits per heavy atom. The molecule has 0 amide bonds. The molecule has 2 aliphatic carbocycles. The molecule has 0 spiro atoms. The van der Waals surface area contributed by atoms with Crippen LogP contribution in [0.4, 0.5) is 8.78 Å². The van der Waals surface area contributed by atoms with E-state index in [0.29, 0.717) is 6.42 Å². The Morgan fingerprint density at radius 1 is 0.842 bits per heavy atom. The Labute approximate surface area is 222 Å². The number of rotatable bonds is 2. The van der Waals surface area contributed by atoms with Gasteiger partial charge in [-0.25, -0.2) is 8.78 Å². The van der Waals surface area contributed by atoms with E-state index in [1.165, 1.54) is 33.5 Å². The largest absolute Gasteiger partial charge is 0.368 e. The van der Waals surface area contributed by atoms with E-state index >= 15 is 0 Å². The highest BCUT2D eigenvalue weighted by Crippen LogP contribution is 2.36. The molecule has 38 heavy (non-hydrogen) atoms. The second kappa shape index (κ2) is 10.4. The predicted octanol–water partition coefficient (Wildman–Crippen LogP) is 6.66. The van der Waals surface area contributed by atoms with E-state index in [-0.39, 0.29) is 28.6 Å². The first kappa shape index (κ1) is 25.6. The standard InChI is InChI=1S/C28H24F2O.C6H7N/c1-16-12-22-21(20-7-5-4-6-19(16)20)9-10-24-23(22)13-18(15-28(24,2)3)27(31)17-8-11-25(29)26(30)14-17;1-2-4-6-7-5-3-1/h4-14,16,18H,15H2,1-3H3;1-7H. The number of carbonyl (C=O) groups excluding carboxylic acids is 1. The van der Waals surface area contributed by atoms with Gasteiger partial charge in [0.2, 0.25) is 0 Å².